The van der Waals surface area contributed by atoms with Gasteiger partial charge in [-0.05, 0) is 68.8 Å². The van der Waals surface area contributed by atoms with Gasteiger partial charge < -0.3 is 15.0 Å². The monoisotopic (exact) mass is 438 g/mol. The average molecular weight is 439 g/mol. The van der Waals surface area contributed by atoms with Gasteiger partial charge in [-0.25, -0.2) is 4.68 Å². The molecule has 1 amide bonds. The number of carbonyl (C=O) groups is 1. The minimum Gasteiger partial charge on any atom is -0.378 e. The van der Waals surface area contributed by atoms with Crippen LogP contribution in [0.1, 0.15) is 22.5 Å². The molecule has 0 aliphatic carbocycles. The Balaban J connectivity index is 1.47. The summed E-state index contributed by atoms with van der Waals surface area (Å²) in [7, 11) is 0. The molecule has 4 rings (SSSR count). The van der Waals surface area contributed by atoms with Gasteiger partial charge in [-0.15, -0.1) is 0 Å². The lowest BCUT2D eigenvalue weighted by molar-refractivity contribution is -0.115. The van der Waals surface area contributed by atoms with Crippen molar-refractivity contribution in [2.45, 2.75) is 27.2 Å². The third kappa shape index (κ3) is 4.75. The van der Waals surface area contributed by atoms with Crippen LogP contribution in [0.2, 0.25) is 5.02 Å². The molecule has 1 aromatic heterocycles. The topological polar surface area (TPSA) is 59.4 Å². The van der Waals surface area contributed by atoms with Gasteiger partial charge in [0.05, 0.1) is 31.0 Å². The Labute approximate surface area is 187 Å². The number of amides is 1. The van der Waals surface area contributed by atoms with Crippen molar-refractivity contribution in [3.63, 3.8) is 0 Å². The highest BCUT2D eigenvalue weighted by molar-refractivity contribution is 6.30. The van der Waals surface area contributed by atoms with Crippen LogP contribution < -0.4 is 10.2 Å². The van der Waals surface area contributed by atoms with Crippen LogP contribution in [0.4, 0.5) is 11.4 Å². The van der Waals surface area contributed by atoms with Gasteiger partial charge in [-0.3, -0.25) is 4.79 Å². The number of anilines is 2. The lowest BCUT2D eigenvalue weighted by Gasteiger charge is -2.29. The van der Waals surface area contributed by atoms with Gasteiger partial charge in [0.1, 0.15) is 0 Å². The van der Waals surface area contributed by atoms with Crippen LogP contribution in [-0.4, -0.2) is 42.0 Å². The largest absolute Gasteiger partial charge is 0.378 e. The van der Waals surface area contributed by atoms with Crippen LogP contribution in [0.25, 0.3) is 5.69 Å². The number of nitrogens with zero attached hydrogens (tertiary/aromatic N) is 3. The molecule has 0 saturated carbocycles. The van der Waals surface area contributed by atoms with E-state index in [-0.39, 0.29) is 12.3 Å². The Hall–Kier alpha value is -2.83. The van der Waals surface area contributed by atoms with Gasteiger partial charge >= 0.3 is 0 Å². The first-order valence-electron chi connectivity index (χ1n) is 10.5. The third-order valence-electron chi connectivity index (χ3n) is 5.71. The van der Waals surface area contributed by atoms with Crippen LogP contribution in [0, 0.1) is 20.8 Å². The number of rotatable bonds is 5. The first kappa shape index (κ1) is 21.4. The molecule has 1 N–H and O–H groups in total. The molecule has 1 aliphatic rings. The van der Waals surface area contributed by atoms with E-state index >= 15 is 0 Å². The van der Waals surface area contributed by atoms with Crippen LogP contribution in [-0.2, 0) is 16.0 Å². The minimum atomic E-state index is -0.0518. The maximum absolute atomic E-state index is 12.8. The number of carbonyl (C=O) groups excluding carboxylic acids is 1. The van der Waals surface area contributed by atoms with Crippen LogP contribution in [0.15, 0.2) is 42.5 Å². The molecule has 0 bridgehead atoms. The molecule has 162 valence electrons. The average Bonchev–Trinajstić information content (AvgIpc) is 3.04. The minimum absolute atomic E-state index is 0.0518. The van der Waals surface area contributed by atoms with Crippen LogP contribution in [0.5, 0.6) is 0 Å². The molecule has 2 heterocycles. The molecule has 0 atom stereocenters. The number of morpholine rings is 1. The fourth-order valence-corrected chi connectivity index (χ4v) is 4.05. The number of halogens is 1. The van der Waals surface area contributed by atoms with Crippen LogP contribution >= 0.6 is 11.6 Å². The van der Waals surface area contributed by atoms with E-state index < -0.39 is 0 Å². The Bertz CT molecular complexity index is 1090. The number of aryl methyl sites for hydroxylation is 2. The molecule has 6 nitrogen and oxygen atoms in total. The van der Waals surface area contributed by atoms with Gasteiger partial charge in [0.15, 0.2) is 0 Å². The zero-order chi connectivity index (χ0) is 22.0. The number of benzene rings is 2. The van der Waals surface area contributed by atoms with Crippen molar-refractivity contribution < 1.29 is 9.53 Å². The van der Waals surface area contributed by atoms with Crippen molar-refractivity contribution in [2.75, 3.05) is 36.5 Å². The fourth-order valence-electron chi connectivity index (χ4n) is 3.93. The normalized spacial score (nSPS) is 14.0. The number of ether oxygens (including phenoxy) is 1. The smallest absolute Gasteiger partial charge is 0.228 e. The number of hydrogen-bond acceptors (Lipinski definition) is 4. The van der Waals surface area contributed by atoms with Gasteiger partial charge in [-0.2, -0.15) is 5.10 Å². The van der Waals surface area contributed by atoms with Crippen molar-refractivity contribution in [2.24, 2.45) is 0 Å². The maximum Gasteiger partial charge on any atom is 0.228 e. The highest BCUT2D eigenvalue weighted by atomic mass is 35.5. The van der Waals surface area contributed by atoms with Crippen molar-refractivity contribution in [3.8, 4) is 5.69 Å². The Morgan fingerprint density at radius 1 is 1.06 bits per heavy atom. The quantitative estimate of drug-likeness (QED) is 0.638. The van der Waals surface area contributed by atoms with E-state index in [0.717, 1.165) is 65.9 Å². The Morgan fingerprint density at radius 2 is 1.74 bits per heavy atom. The van der Waals surface area contributed by atoms with E-state index in [1.54, 1.807) is 0 Å². The summed E-state index contributed by atoms with van der Waals surface area (Å²) < 4.78 is 7.29. The molecule has 7 heteroatoms. The first-order chi connectivity index (χ1) is 14.9. The summed E-state index contributed by atoms with van der Waals surface area (Å²) in [5.41, 5.74) is 6.71. The molecular formula is C24H27ClN4O2. The van der Waals surface area contributed by atoms with Crippen LogP contribution in [0.3, 0.4) is 0 Å². The Kier molecular flexibility index (Phi) is 6.30. The summed E-state index contributed by atoms with van der Waals surface area (Å²) in [6, 6.07) is 13.7. The summed E-state index contributed by atoms with van der Waals surface area (Å²) in [6.45, 7) is 9.22. The van der Waals surface area contributed by atoms with Gasteiger partial charge in [-0.1, -0.05) is 11.6 Å². The standard InChI is InChI=1S/C24H27ClN4O2/c1-16-14-21(28-10-12-31-13-11-28)8-9-23(16)26-24(30)15-22-17(2)27-29(18(22)3)20-6-4-19(25)5-7-20/h4-9,14H,10-13,15H2,1-3H3,(H,26,30). The molecule has 1 saturated heterocycles. The van der Waals surface area contributed by atoms with E-state index in [4.69, 9.17) is 16.3 Å². The second-order valence-corrected chi connectivity index (χ2v) is 8.30. The first-order valence-corrected chi connectivity index (χ1v) is 10.8. The molecular weight excluding hydrogens is 412 g/mol. The van der Waals surface area contributed by atoms with Crippen molar-refractivity contribution in [1.29, 1.82) is 0 Å². The summed E-state index contributed by atoms with van der Waals surface area (Å²) >= 11 is 6.00. The number of nitrogens with one attached hydrogen (secondary N) is 1. The summed E-state index contributed by atoms with van der Waals surface area (Å²) in [5, 5.41) is 8.37. The predicted octanol–water partition coefficient (Wildman–Crippen LogP) is 4.47. The third-order valence-corrected chi connectivity index (χ3v) is 5.96. The number of hydrogen-bond donors (Lipinski definition) is 1. The maximum atomic E-state index is 12.8. The molecule has 1 aliphatic heterocycles. The van der Waals surface area contributed by atoms with Gasteiger partial charge in [0, 0.05) is 40.7 Å². The van der Waals surface area contributed by atoms with Crippen molar-refractivity contribution >= 4 is 28.9 Å². The summed E-state index contributed by atoms with van der Waals surface area (Å²) in [4.78, 5) is 15.1. The summed E-state index contributed by atoms with van der Waals surface area (Å²) in [5.74, 6) is -0.0518. The zero-order valence-electron chi connectivity index (χ0n) is 18.1. The Morgan fingerprint density at radius 3 is 2.42 bits per heavy atom. The fraction of sp³-hybridized carbons (Fsp3) is 0.333. The summed E-state index contributed by atoms with van der Waals surface area (Å²) in [6.07, 6.45) is 0.274. The van der Waals surface area contributed by atoms with E-state index in [1.807, 2.05) is 55.8 Å². The SMILES string of the molecule is Cc1cc(N2CCOCC2)ccc1NC(=O)Cc1c(C)nn(-c2ccc(Cl)cc2)c1C. The molecule has 3 aromatic rings. The van der Waals surface area contributed by atoms with Gasteiger partial charge in [0.2, 0.25) is 5.91 Å². The second kappa shape index (κ2) is 9.12. The lowest BCUT2D eigenvalue weighted by Crippen LogP contribution is -2.36. The highest BCUT2D eigenvalue weighted by Crippen LogP contribution is 2.25. The molecule has 0 unspecified atom stereocenters. The van der Waals surface area contributed by atoms with E-state index in [2.05, 4.69) is 27.4 Å². The van der Waals surface area contributed by atoms with Crippen molar-refractivity contribution in [1.82, 2.24) is 9.78 Å². The van der Waals surface area contributed by atoms with E-state index in [1.165, 1.54) is 0 Å². The molecule has 0 radical (unpaired) electrons. The number of aromatic nitrogens is 2. The van der Waals surface area contributed by atoms with Gasteiger partial charge in [0.25, 0.3) is 0 Å². The molecule has 1 fully saturated rings. The second-order valence-electron chi connectivity index (χ2n) is 7.86. The predicted molar refractivity (Wildman–Crippen MR) is 125 cm³/mol. The lowest BCUT2D eigenvalue weighted by atomic mass is 10.1. The zero-order valence-corrected chi connectivity index (χ0v) is 18.9. The molecule has 0 spiro atoms. The molecule has 2 aromatic carbocycles. The van der Waals surface area contributed by atoms with E-state index in [0.29, 0.717) is 5.02 Å². The molecule has 31 heavy (non-hydrogen) atoms. The highest BCUT2D eigenvalue weighted by Gasteiger charge is 2.17. The van der Waals surface area contributed by atoms with E-state index in [9.17, 15) is 4.79 Å². The van der Waals surface area contributed by atoms with Crippen molar-refractivity contribution in [3.05, 3.63) is 70.0 Å².